The second kappa shape index (κ2) is 9.17. The Morgan fingerprint density at radius 2 is 2.00 bits per heavy atom. The van der Waals surface area contributed by atoms with Gasteiger partial charge in [-0.05, 0) is 48.5 Å². The lowest BCUT2D eigenvalue weighted by Gasteiger charge is -2.10. The van der Waals surface area contributed by atoms with E-state index in [1.54, 1.807) is 18.4 Å². The molecule has 0 aliphatic heterocycles. The molecule has 0 fully saturated rings. The van der Waals surface area contributed by atoms with Crippen molar-refractivity contribution in [3.05, 3.63) is 59.8 Å². The van der Waals surface area contributed by atoms with E-state index in [0.29, 0.717) is 24.9 Å². The highest BCUT2D eigenvalue weighted by Gasteiger charge is 1.98. The molecule has 0 aliphatic carbocycles. The topological polar surface area (TPSA) is 46.4 Å². The standard InChI is InChI=1S/C16H19FN2O2S/c17-14-6-4-13(5-7-14)11-19-16(22)18-8-2-9-20-12-15-3-1-10-21-15/h1,3-7,10H,2,8-9,11-12H2,(H2,18,19,22). The Morgan fingerprint density at radius 1 is 1.18 bits per heavy atom. The molecular weight excluding hydrogens is 303 g/mol. The summed E-state index contributed by atoms with van der Waals surface area (Å²) in [6.07, 6.45) is 2.48. The first kappa shape index (κ1) is 16.5. The Balaban J connectivity index is 1.49. The van der Waals surface area contributed by atoms with Crippen molar-refractivity contribution in [2.45, 2.75) is 19.6 Å². The zero-order valence-corrected chi connectivity index (χ0v) is 13.0. The minimum atomic E-state index is -0.237. The number of nitrogens with one attached hydrogen (secondary N) is 2. The molecule has 2 aromatic rings. The van der Waals surface area contributed by atoms with Crippen LogP contribution in [0.1, 0.15) is 17.7 Å². The quantitative estimate of drug-likeness (QED) is 0.578. The molecule has 22 heavy (non-hydrogen) atoms. The van der Waals surface area contributed by atoms with E-state index >= 15 is 0 Å². The minimum absolute atomic E-state index is 0.237. The van der Waals surface area contributed by atoms with Gasteiger partial charge >= 0.3 is 0 Å². The molecule has 1 aromatic carbocycles. The monoisotopic (exact) mass is 322 g/mol. The van der Waals surface area contributed by atoms with E-state index in [2.05, 4.69) is 10.6 Å². The Hall–Kier alpha value is -1.92. The molecule has 0 radical (unpaired) electrons. The fourth-order valence-electron chi connectivity index (χ4n) is 1.79. The van der Waals surface area contributed by atoms with Crippen LogP contribution in [-0.2, 0) is 17.9 Å². The fraction of sp³-hybridized carbons (Fsp3) is 0.312. The van der Waals surface area contributed by atoms with Gasteiger partial charge in [-0.3, -0.25) is 0 Å². The molecule has 0 saturated carbocycles. The minimum Gasteiger partial charge on any atom is -0.467 e. The van der Waals surface area contributed by atoms with Crippen molar-refractivity contribution in [1.29, 1.82) is 0 Å². The SMILES string of the molecule is Fc1ccc(CNC(=S)NCCCOCc2ccco2)cc1. The predicted octanol–water partition coefficient (Wildman–Crippen LogP) is 2.99. The zero-order valence-electron chi connectivity index (χ0n) is 12.2. The molecule has 0 amide bonds. The van der Waals surface area contributed by atoms with Crippen molar-refractivity contribution in [2.24, 2.45) is 0 Å². The number of rotatable bonds is 8. The second-order valence-electron chi connectivity index (χ2n) is 4.72. The predicted molar refractivity (Wildman–Crippen MR) is 86.8 cm³/mol. The highest BCUT2D eigenvalue weighted by atomic mass is 32.1. The summed E-state index contributed by atoms with van der Waals surface area (Å²) in [6, 6.07) is 10.0. The highest BCUT2D eigenvalue weighted by Crippen LogP contribution is 2.02. The molecule has 2 N–H and O–H groups in total. The van der Waals surface area contributed by atoms with Crippen LogP contribution in [0.25, 0.3) is 0 Å². The van der Waals surface area contributed by atoms with Crippen LogP contribution in [0.15, 0.2) is 47.1 Å². The molecule has 4 nitrogen and oxygen atoms in total. The van der Waals surface area contributed by atoms with Crippen LogP contribution in [0.3, 0.4) is 0 Å². The summed E-state index contributed by atoms with van der Waals surface area (Å²) in [6.45, 7) is 2.42. The van der Waals surface area contributed by atoms with Gasteiger partial charge < -0.3 is 19.8 Å². The second-order valence-corrected chi connectivity index (χ2v) is 5.13. The molecule has 0 saturated heterocycles. The molecule has 118 valence electrons. The molecule has 1 aromatic heterocycles. The van der Waals surface area contributed by atoms with Gasteiger partial charge in [-0.25, -0.2) is 4.39 Å². The summed E-state index contributed by atoms with van der Waals surface area (Å²) in [7, 11) is 0. The van der Waals surface area contributed by atoms with Gasteiger partial charge in [-0.15, -0.1) is 0 Å². The summed E-state index contributed by atoms with van der Waals surface area (Å²) >= 11 is 5.17. The average molecular weight is 322 g/mol. The summed E-state index contributed by atoms with van der Waals surface area (Å²) in [5, 5.41) is 6.75. The number of hydrogen-bond donors (Lipinski definition) is 2. The molecule has 0 aliphatic rings. The number of benzene rings is 1. The van der Waals surface area contributed by atoms with Gasteiger partial charge in [-0.1, -0.05) is 12.1 Å². The Bertz CT molecular complexity index is 558. The number of thiocarbonyl (C=S) groups is 1. The maximum Gasteiger partial charge on any atom is 0.166 e. The van der Waals surface area contributed by atoms with E-state index in [1.807, 2.05) is 12.1 Å². The number of hydrogen-bond acceptors (Lipinski definition) is 3. The van der Waals surface area contributed by atoms with Crippen LogP contribution >= 0.6 is 12.2 Å². The zero-order chi connectivity index (χ0) is 15.6. The van der Waals surface area contributed by atoms with Crippen LogP contribution in [0, 0.1) is 5.82 Å². The number of halogens is 1. The fourth-order valence-corrected chi connectivity index (χ4v) is 1.96. The first-order valence-electron chi connectivity index (χ1n) is 7.10. The Labute approximate surface area is 134 Å². The van der Waals surface area contributed by atoms with E-state index < -0.39 is 0 Å². The van der Waals surface area contributed by atoms with Crippen LogP contribution in [0.4, 0.5) is 4.39 Å². The lowest BCUT2D eigenvalue weighted by molar-refractivity contribution is 0.105. The van der Waals surface area contributed by atoms with E-state index in [-0.39, 0.29) is 5.82 Å². The largest absolute Gasteiger partial charge is 0.467 e. The Kier molecular flexibility index (Phi) is 6.86. The van der Waals surface area contributed by atoms with Gasteiger partial charge in [0.05, 0.1) is 6.26 Å². The van der Waals surface area contributed by atoms with Gasteiger partial charge in [0.1, 0.15) is 18.2 Å². The van der Waals surface area contributed by atoms with Crippen molar-refractivity contribution in [3.8, 4) is 0 Å². The summed E-state index contributed by atoms with van der Waals surface area (Å²) in [5.74, 6) is 0.587. The van der Waals surface area contributed by atoms with Crippen LogP contribution in [0.5, 0.6) is 0 Å². The van der Waals surface area contributed by atoms with E-state index in [9.17, 15) is 4.39 Å². The third kappa shape index (κ3) is 6.24. The summed E-state index contributed by atoms with van der Waals surface area (Å²) in [4.78, 5) is 0. The summed E-state index contributed by atoms with van der Waals surface area (Å²) < 4.78 is 23.4. The molecule has 2 rings (SSSR count). The molecule has 0 bridgehead atoms. The van der Waals surface area contributed by atoms with Gasteiger partial charge in [0, 0.05) is 19.7 Å². The van der Waals surface area contributed by atoms with Crippen molar-refractivity contribution >= 4 is 17.3 Å². The smallest absolute Gasteiger partial charge is 0.166 e. The number of furan rings is 1. The van der Waals surface area contributed by atoms with E-state index in [1.165, 1.54) is 12.1 Å². The molecule has 0 unspecified atom stereocenters. The number of ether oxygens (including phenoxy) is 1. The van der Waals surface area contributed by atoms with Crippen molar-refractivity contribution in [1.82, 2.24) is 10.6 Å². The summed E-state index contributed by atoms with van der Waals surface area (Å²) in [5.41, 5.74) is 0.979. The van der Waals surface area contributed by atoms with Gasteiger partial charge in [-0.2, -0.15) is 0 Å². The van der Waals surface area contributed by atoms with Gasteiger partial charge in [0.15, 0.2) is 5.11 Å². The van der Waals surface area contributed by atoms with Crippen LogP contribution in [-0.4, -0.2) is 18.3 Å². The lowest BCUT2D eigenvalue weighted by atomic mass is 10.2. The molecule has 6 heteroatoms. The molecular formula is C16H19FN2O2S. The molecule has 0 atom stereocenters. The first-order valence-corrected chi connectivity index (χ1v) is 7.51. The molecule has 1 heterocycles. The van der Waals surface area contributed by atoms with Crippen LogP contribution in [0.2, 0.25) is 0 Å². The van der Waals surface area contributed by atoms with Crippen molar-refractivity contribution < 1.29 is 13.5 Å². The van der Waals surface area contributed by atoms with Crippen molar-refractivity contribution in [3.63, 3.8) is 0 Å². The third-order valence-corrected chi connectivity index (χ3v) is 3.23. The van der Waals surface area contributed by atoms with E-state index in [0.717, 1.165) is 24.3 Å². The first-order chi connectivity index (χ1) is 10.7. The van der Waals surface area contributed by atoms with E-state index in [4.69, 9.17) is 21.4 Å². The normalized spacial score (nSPS) is 10.4. The third-order valence-electron chi connectivity index (χ3n) is 2.94. The van der Waals surface area contributed by atoms with Gasteiger partial charge in [0.2, 0.25) is 0 Å². The Morgan fingerprint density at radius 3 is 2.73 bits per heavy atom. The maximum atomic E-state index is 12.8. The van der Waals surface area contributed by atoms with Crippen LogP contribution < -0.4 is 10.6 Å². The van der Waals surface area contributed by atoms with Crippen molar-refractivity contribution in [2.75, 3.05) is 13.2 Å². The average Bonchev–Trinajstić information content (AvgIpc) is 3.03. The van der Waals surface area contributed by atoms with Gasteiger partial charge in [0.25, 0.3) is 0 Å². The maximum absolute atomic E-state index is 12.8. The lowest BCUT2D eigenvalue weighted by Crippen LogP contribution is -2.35. The molecule has 0 spiro atoms. The highest BCUT2D eigenvalue weighted by molar-refractivity contribution is 7.80.